The quantitative estimate of drug-likeness (QED) is 0.786. The van der Waals surface area contributed by atoms with E-state index in [1.165, 1.54) is 0 Å². The molecule has 0 spiro atoms. The average Bonchev–Trinajstić information content (AvgIpc) is 3.10. The Hall–Kier alpha value is -2.05. The predicted molar refractivity (Wildman–Crippen MR) is 101 cm³/mol. The van der Waals surface area contributed by atoms with Crippen LogP contribution in [0.3, 0.4) is 0 Å². The summed E-state index contributed by atoms with van der Waals surface area (Å²) in [7, 11) is -3.35. The van der Waals surface area contributed by atoms with Crippen molar-refractivity contribution in [3.8, 4) is 5.75 Å². The van der Waals surface area contributed by atoms with Gasteiger partial charge in [-0.15, -0.1) is 0 Å². The van der Waals surface area contributed by atoms with Gasteiger partial charge in [0.1, 0.15) is 12.4 Å². The summed E-state index contributed by atoms with van der Waals surface area (Å²) in [4.78, 5) is 2.28. The molecule has 0 saturated carbocycles. The molecule has 1 N–H and O–H groups in total. The first-order chi connectivity index (χ1) is 12.1. The van der Waals surface area contributed by atoms with Crippen LogP contribution in [-0.4, -0.2) is 39.9 Å². The van der Waals surface area contributed by atoms with Crippen LogP contribution in [0, 0.1) is 0 Å². The Bertz CT molecular complexity index is 751. The van der Waals surface area contributed by atoms with E-state index in [-0.39, 0.29) is 18.4 Å². The third kappa shape index (κ3) is 5.21. The Balaban J connectivity index is 1.48. The van der Waals surface area contributed by atoms with E-state index in [4.69, 9.17) is 4.74 Å². The predicted octanol–water partition coefficient (Wildman–Crippen LogP) is 2.65. The van der Waals surface area contributed by atoms with Crippen molar-refractivity contribution in [3.63, 3.8) is 0 Å². The molecule has 2 aromatic carbocycles. The van der Waals surface area contributed by atoms with Crippen LogP contribution in [0.15, 0.2) is 60.7 Å². The van der Waals surface area contributed by atoms with Crippen molar-refractivity contribution in [1.29, 1.82) is 0 Å². The van der Waals surface area contributed by atoms with E-state index < -0.39 is 10.0 Å². The number of anilines is 1. The lowest BCUT2D eigenvalue weighted by Crippen LogP contribution is -2.41. The summed E-state index contributed by atoms with van der Waals surface area (Å²) in [6.45, 7) is 1.54. The zero-order valence-electron chi connectivity index (χ0n) is 14.2. The lowest BCUT2D eigenvalue weighted by Gasteiger charge is -2.27. The van der Waals surface area contributed by atoms with Gasteiger partial charge in [-0.05, 0) is 37.1 Å². The van der Waals surface area contributed by atoms with Crippen LogP contribution in [-0.2, 0) is 10.0 Å². The maximum Gasteiger partial charge on any atom is 0.215 e. The lowest BCUT2D eigenvalue weighted by molar-refractivity contribution is 0.340. The van der Waals surface area contributed by atoms with E-state index in [9.17, 15) is 8.42 Å². The molecule has 3 rings (SSSR count). The summed E-state index contributed by atoms with van der Waals surface area (Å²) in [5.41, 5.74) is 1.15. The van der Waals surface area contributed by atoms with E-state index in [1.54, 1.807) is 0 Å². The van der Waals surface area contributed by atoms with Gasteiger partial charge in [0.05, 0.1) is 5.75 Å². The van der Waals surface area contributed by atoms with Crippen LogP contribution in [0.4, 0.5) is 5.69 Å². The number of hydrogen-bond donors (Lipinski definition) is 1. The van der Waals surface area contributed by atoms with Crippen molar-refractivity contribution in [2.24, 2.45) is 0 Å². The largest absolute Gasteiger partial charge is 0.492 e. The Labute approximate surface area is 149 Å². The minimum atomic E-state index is -3.35. The average molecular weight is 360 g/mol. The molecule has 0 aromatic heterocycles. The van der Waals surface area contributed by atoms with E-state index >= 15 is 0 Å². The zero-order valence-corrected chi connectivity index (χ0v) is 15.0. The van der Waals surface area contributed by atoms with Crippen LogP contribution in [0.1, 0.15) is 12.8 Å². The van der Waals surface area contributed by atoms with Gasteiger partial charge in [-0.2, -0.15) is 0 Å². The van der Waals surface area contributed by atoms with Gasteiger partial charge in [-0.3, -0.25) is 0 Å². The molecule has 1 heterocycles. The Morgan fingerprint density at radius 3 is 2.44 bits per heavy atom. The van der Waals surface area contributed by atoms with E-state index in [1.807, 2.05) is 48.5 Å². The first kappa shape index (κ1) is 17.8. The standard InChI is InChI=1S/C19H24N2O3S/c22-25(23,15-14-24-19-11-5-2-6-12-19)20-16-18-10-7-13-21(18)17-8-3-1-4-9-17/h1-6,8-9,11-12,18,20H,7,10,13-16H2. The Kier molecular flexibility index (Phi) is 5.94. The van der Waals surface area contributed by atoms with Gasteiger partial charge in [0.25, 0.3) is 0 Å². The Morgan fingerprint density at radius 2 is 1.72 bits per heavy atom. The third-order valence-corrected chi connectivity index (χ3v) is 5.68. The number of nitrogens with one attached hydrogen (secondary N) is 1. The number of benzene rings is 2. The van der Waals surface area contributed by atoms with E-state index in [2.05, 4.69) is 21.8 Å². The molecule has 2 aromatic rings. The highest BCUT2D eigenvalue weighted by atomic mass is 32.2. The molecule has 25 heavy (non-hydrogen) atoms. The maximum atomic E-state index is 12.2. The van der Waals surface area contributed by atoms with Crippen molar-refractivity contribution in [3.05, 3.63) is 60.7 Å². The summed E-state index contributed by atoms with van der Waals surface area (Å²) >= 11 is 0. The molecule has 1 atom stereocenters. The monoisotopic (exact) mass is 360 g/mol. The van der Waals surface area contributed by atoms with Gasteiger partial charge in [0.2, 0.25) is 10.0 Å². The van der Waals surface area contributed by atoms with Crippen molar-refractivity contribution in [2.75, 3.05) is 30.3 Å². The number of hydrogen-bond acceptors (Lipinski definition) is 4. The molecular weight excluding hydrogens is 336 g/mol. The molecule has 0 aliphatic carbocycles. The molecule has 5 nitrogen and oxygen atoms in total. The first-order valence-corrected chi connectivity index (χ1v) is 10.3. The summed E-state index contributed by atoms with van der Waals surface area (Å²) in [6, 6.07) is 19.6. The maximum absolute atomic E-state index is 12.2. The molecule has 1 aliphatic rings. The van der Waals surface area contributed by atoms with Crippen molar-refractivity contribution in [2.45, 2.75) is 18.9 Å². The Morgan fingerprint density at radius 1 is 1.04 bits per heavy atom. The molecule has 1 fully saturated rings. The summed E-state index contributed by atoms with van der Waals surface area (Å²) in [5.74, 6) is 0.642. The summed E-state index contributed by atoms with van der Waals surface area (Å²) in [6.07, 6.45) is 2.08. The number of para-hydroxylation sites is 2. The molecule has 6 heteroatoms. The van der Waals surface area contributed by atoms with Gasteiger partial charge < -0.3 is 9.64 Å². The molecule has 0 bridgehead atoms. The van der Waals surface area contributed by atoms with Gasteiger partial charge in [0, 0.05) is 24.8 Å². The molecule has 1 saturated heterocycles. The smallest absolute Gasteiger partial charge is 0.215 e. The number of nitrogens with zero attached hydrogens (tertiary/aromatic N) is 1. The van der Waals surface area contributed by atoms with Gasteiger partial charge in [0.15, 0.2) is 0 Å². The fraction of sp³-hybridized carbons (Fsp3) is 0.368. The van der Waals surface area contributed by atoms with Gasteiger partial charge >= 0.3 is 0 Å². The van der Waals surface area contributed by atoms with Crippen LogP contribution in [0.5, 0.6) is 5.75 Å². The second kappa shape index (κ2) is 8.36. The highest BCUT2D eigenvalue weighted by Crippen LogP contribution is 2.24. The molecule has 1 aliphatic heterocycles. The minimum absolute atomic E-state index is 0.0417. The van der Waals surface area contributed by atoms with Gasteiger partial charge in [-0.25, -0.2) is 13.1 Å². The van der Waals surface area contributed by atoms with Crippen LogP contribution in [0.2, 0.25) is 0 Å². The molecule has 134 valence electrons. The van der Waals surface area contributed by atoms with Crippen LogP contribution >= 0.6 is 0 Å². The normalized spacial score (nSPS) is 17.6. The van der Waals surface area contributed by atoms with E-state index in [0.717, 1.165) is 25.1 Å². The fourth-order valence-electron chi connectivity index (χ4n) is 3.09. The molecule has 0 amide bonds. The van der Waals surface area contributed by atoms with Gasteiger partial charge in [-0.1, -0.05) is 36.4 Å². The number of sulfonamides is 1. The second-order valence-electron chi connectivity index (χ2n) is 6.15. The van der Waals surface area contributed by atoms with Crippen LogP contribution in [0.25, 0.3) is 0 Å². The van der Waals surface area contributed by atoms with Crippen molar-refractivity contribution >= 4 is 15.7 Å². The van der Waals surface area contributed by atoms with Crippen LogP contribution < -0.4 is 14.4 Å². The highest BCUT2D eigenvalue weighted by molar-refractivity contribution is 7.89. The minimum Gasteiger partial charge on any atom is -0.492 e. The molecule has 0 radical (unpaired) electrons. The SMILES string of the molecule is O=S(=O)(CCOc1ccccc1)NCC1CCCN1c1ccccc1. The lowest BCUT2D eigenvalue weighted by atomic mass is 10.2. The summed E-state index contributed by atoms with van der Waals surface area (Å²) < 4.78 is 32.6. The van der Waals surface area contributed by atoms with Crippen molar-refractivity contribution < 1.29 is 13.2 Å². The fourth-order valence-corrected chi connectivity index (χ4v) is 3.98. The second-order valence-corrected chi connectivity index (χ2v) is 8.08. The van der Waals surface area contributed by atoms with E-state index in [0.29, 0.717) is 12.3 Å². The number of ether oxygens (including phenoxy) is 1. The van der Waals surface area contributed by atoms with Crippen molar-refractivity contribution in [1.82, 2.24) is 4.72 Å². The third-order valence-electron chi connectivity index (χ3n) is 4.37. The topological polar surface area (TPSA) is 58.6 Å². The summed E-state index contributed by atoms with van der Waals surface area (Å²) in [5, 5.41) is 0. The molecular formula is C19H24N2O3S. The zero-order chi connectivity index (χ0) is 17.5. The highest BCUT2D eigenvalue weighted by Gasteiger charge is 2.26. The first-order valence-electron chi connectivity index (χ1n) is 8.61. The number of rotatable bonds is 8. The molecule has 1 unspecified atom stereocenters.